The maximum absolute atomic E-state index is 12.2. The first-order chi connectivity index (χ1) is 12.5. The Labute approximate surface area is 150 Å². The van der Waals surface area contributed by atoms with Crippen LogP contribution in [0, 0.1) is 5.92 Å². The lowest BCUT2D eigenvalue weighted by Crippen LogP contribution is -2.28. The van der Waals surface area contributed by atoms with Crippen LogP contribution in [0.1, 0.15) is 18.9 Å². The van der Waals surface area contributed by atoms with Gasteiger partial charge in [0.05, 0.1) is 5.92 Å². The van der Waals surface area contributed by atoms with Gasteiger partial charge in [-0.25, -0.2) is 4.98 Å². The van der Waals surface area contributed by atoms with Crippen LogP contribution in [-0.4, -0.2) is 23.3 Å². The van der Waals surface area contributed by atoms with E-state index in [1.807, 2.05) is 18.2 Å². The molecule has 0 saturated carbocycles. The molecule has 1 aliphatic rings. The van der Waals surface area contributed by atoms with Crippen LogP contribution in [0.4, 0.5) is 5.69 Å². The van der Waals surface area contributed by atoms with Gasteiger partial charge in [0.2, 0.25) is 17.7 Å². The normalized spacial score (nSPS) is 17.2. The van der Waals surface area contributed by atoms with Crippen LogP contribution in [0.15, 0.2) is 46.9 Å². The number of oxazole rings is 1. The Hall–Kier alpha value is -3.15. The maximum atomic E-state index is 12.2. The molecule has 1 saturated heterocycles. The summed E-state index contributed by atoms with van der Waals surface area (Å²) in [5.74, 6) is -0.445. The third-order valence-corrected chi connectivity index (χ3v) is 4.82. The van der Waals surface area contributed by atoms with Gasteiger partial charge in [0, 0.05) is 24.2 Å². The van der Waals surface area contributed by atoms with Crippen LogP contribution < -0.4 is 10.6 Å². The largest absolute Gasteiger partial charge is 0.436 e. The molecule has 6 heteroatoms. The maximum Gasteiger partial charge on any atom is 0.227 e. The highest BCUT2D eigenvalue weighted by Gasteiger charge is 2.34. The molecule has 1 aliphatic heterocycles. The number of anilines is 1. The third-order valence-electron chi connectivity index (χ3n) is 4.82. The average Bonchev–Trinajstić information content (AvgIpc) is 3.24. The molecule has 3 aromatic rings. The van der Waals surface area contributed by atoms with E-state index in [1.54, 1.807) is 17.0 Å². The lowest BCUT2D eigenvalue weighted by atomic mass is 10.1. The molecular formula is C20H19N3O3. The number of hydrogen-bond donors (Lipinski definition) is 1. The highest BCUT2D eigenvalue weighted by molar-refractivity contribution is 6.01. The molecule has 0 spiro atoms. The number of fused-ring (bicyclic) bond motifs is 1. The minimum atomic E-state index is -0.443. The summed E-state index contributed by atoms with van der Waals surface area (Å²) >= 11 is 0. The predicted octanol–water partition coefficient (Wildman–Crippen LogP) is 2.90. The number of aromatic nitrogens is 1. The van der Waals surface area contributed by atoms with E-state index in [9.17, 15) is 9.59 Å². The zero-order valence-corrected chi connectivity index (χ0v) is 14.4. The number of rotatable bonds is 4. The molecule has 132 valence electrons. The zero-order valence-electron chi connectivity index (χ0n) is 14.4. The Balaban J connectivity index is 1.65. The fourth-order valence-corrected chi connectivity index (χ4v) is 3.24. The van der Waals surface area contributed by atoms with Gasteiger partial charge in [-0.1, -0.05) is 19.1 Å². The first-order valence-electron chi connectivity index (χ1n) is 8.64. The highest BCUT2D eigenvalue weighted by Crippen LogP contribution is 2.30. The van der Waals surface area contributed by atoms with Crippen molar-refractivity contribution in [3.8, 4) is 11.5 Å². The Kier molecular flexibility index (Phi) is 3.95. The smallest absolute Gasteiger partial charge is 0.227 e. The number of nitrogens with zero attached hydrogens (tertiary/aromatic N) is 2. The van der Waals surface area contributed by atoms with Gasteiger partial charge in [-0.15, -0.1) is 0 Å². The van der Waals surface area contributed by atoms with E-state index < -0.39 is 11.8 Å². The summed E-state index contributed by atoms with van der Waals surface area (Å²) in [6, 6.07) is 13.5. The molecule has 1 fully saturated rings. The van der Waals surface area contributed by atoms with Crippen molar-refractivity contribution >= 4 is 28.6 Å². The van der Waals surface area contributed by atoms with Crippen LogP contribution in [0.25, 0.3) is 22.6 Å². The van der Waals surface area contributed by atoms with E-state index in [4.69, 9.17) is 10.2 Å². The van der Waals surface area contributed by atoms with Gasteiger partial charge in [0.1, 0.15) is 5.52 Å². The van der Waals surface area contributed by atoms with Crippen molar-refractivity contribution in [2.24, 2.45) is 11.7 Å². The minimum absolute atomic E-state index is 0.105. The SMILES string of the molecule is CCc1ccc(-c2nc3cc(N4CC(C(N)=O)CC4=O)ccc3o2)cc1. The molecular weight excluding hydrogens is 330 g/mol. The van der Waals surface area contributed by atoms with Crippen LogP contribution in [0.3, 0.4) is 0 Å². The van der Waals surface area contributed by atoms with Gasteiger partial charge in [0.25, 0.3) is 0 Å². The molecule has 6 nitrogen and oxygen atoms in total. The van der Waals surface area contributed by atoms with Crippen LogP contribution in [0.2, 0.25) is 0 Å². The molecule has 0 radical (unpaired) electrons. The molecule has 2 amide bonds. The van der Waals surface area contributed by atoms with E-state index in [0.717, 1.165) is 12.0 Å². The number of primary amides is 1. The fourth-order valence-electron chi connectivity index (χ4n) is 3.24. The van der Waals surface area contributed by atoms with E-state index in [-0.39, 0.29) is 12.3 Å². The second-order valence-corrected chi connectivity index (χ2v) is 6.53. The summed E-state index contributed by atoms with van der Waals surface area (Å²) < 4.78 is 5.84. The second-order valence-electron chi connectivity index (χ2n) is 6.53. The van der Waals surface area contributed by atoms with E-state index >= 15 is 0 Å². The molecule has 1 atom stereocenters. The molecule has 2 aromatic carbocycles. The van der Waals surface area contributed by atoms with Crippen molar-refractivity contribution in [1.29, 1.82) is 0 Å². The standard InChI is InChI=1S/C20H19N3O3/c1-2-12-3-5-13(6-4-12)20-22-16-10-15(7-8-17(16)26-20)23-11-14(19(21)25)9-18(23)24/h3-8,10,14H,2,9,11H2,1H3,(H2,21,25). The second kappa shape index (κ2) is 6.29. The van der Waals surface area contributed by atoms with Gasteiger partial charge < -0.3 is 15.1 Å². The van der Waals surface area contributed by atoms with Gasteiger partial charge in [-0.05, 0) is 42.3 Å². The monoisotopic (exact) mass is 349 g/mol. The summed E-state index contributed by atoms with van der Waals surface area (Å²) in [5, 5.41) is 0. The summed E-state index contributed by atoms with van der Waals surface area (Å²) in [7, 11) is 0. The number of carbonyl (C=O) groups excluding carboxylic acids is 2. The molecule has 4 rings (SSSR count). The summed E-state index contributed by atoms with van der Waals surface area (Å²) in [4.78, 5) is 29.7. The van der Waals surface area contributed by atoms with Gasteiger partial charge in [0.15, 0.2) is 5.58 Å². The molecule has 1 unspecified atom stereocenters. The fraction of sp³-hybridized carbons (Fsp3) is 0.250. The molecule has 26 heavy (non-hydrogen) atoms. The van der Waals surface area contributed by atoms with Crippen molar-refractivity contribution in [3.63, 3.8) is 0 Å². The lowest BCUT2D eigenvalue weighted by molar-refractivity contribution is -0.123. The van der Waals surface area contributed by atoms with Gasteiger partial charge >= 0.3 is 0 Å². The first-order valence-corrected chi connectivity index (χ1v) is 8.64. The number of carbonyl (C=O) groups is 2. The topological polar surface area (TPSA) is 89.4 Å². The zero-order chi connectivity index (χ0) is 18.3. The van der Waals surface area contributed by atoms with E-state index in [2.05, 4.69) is 24.0 Å². The first kappa shape index (κ1) is 16.3. The number of aryl methyl sites for hydroxylation is 1. The molecule has 0 aliphatic carbocycles. The third kappa shape index (κ3) is 2.83. The lowest BCUT2D eigenvalue weighted by Gasteiger charge is -2.15. The quantitative estimate of drug-likeness (QED) is 0.784. The van der Waals surface area contributed by atoms with Gasteiger partial charge in [-0.2, -0.15) is 0 Å². The van der Waals surface area contributed by atoms with Crippen molar-refractivity contribution in [3.05, 3.63) is 48.0 Å². The number of benzene rings is 2. The van der Waals surface area contributed by atoms with Crippen molar-refractivity contribution < 1.29 is 14.0 Å². The van der Waals surface area contributed by atoms with Crippen LogP contribution in [0.5, 0.6) is 0 Å². The van der Waals surface area contributed by atoms with Crippen molar-refractivity contribution in [1.82, 2.24) is 4.98 Å². The molecule has 2 heterocycles. The summed E-state index contributed by atoms with van der Waals surface area (Å²) in [5.41, 5.74) is 9.52. The van der Waals surface area contributed by atoms with Gasteiger partial charge in [-0.3, -0.25) is 9.59 Å². The predicted molar refractivity (Wildman–Crippen MR) is 98.5 cm³/mol. The average molecular weight is 349 g/mol. The van der Waals surface area contributed by atoms with Crippen molar-refractivity contribution in [2.75, 3.05) is 11.4 Å². The van der Waals surface area contributed by atoms with Crippen LogP contribution >= 0.6 is 0 Å². The van der Waals surface area contributed by atoms with Crippen molar-refractivity contribution in [2.45, 2.75) is 19.8 Å². The Morgan fingerprint density at radius 1 is 1.27 bits per heavy atom. The van der Waals surface area contributed by atoms with Crippen LogP contribution in [-0.2, 0) is 16.0 Å². The molecule has 0 bridgehead atoms. The molecule has 2 N–H and O–H groups in total. The number of nitrogens with two attached hydrogens (primary N) is 1. The van der Waals surface area contributed by atoms with E-state index in [1.165, 1.54) is 5.56 Å². The Bertz CT molecular complexity index is 991. The van der Waals surface area contributed by atoms with E-state index in [0.29, 0.717) is 29.2 Å². The molecule has 1 aromatic heterocycles. The Morgan fingerprint density at radius 3 is 2.69 bits per heavy atom. The minimum Gasteiger partial charge on any atom is -0.436 e. The number of hydrogen-bond acceptors (Lipinski definition) is 4. The highest BCUT2D eigenvalue weighted by atomic mass is 16.3. The summed E-state index contributed by atoms with van der Waals surface area (Å²) in [6.45, 7) is 2.42. The Morgan fingerprint density at radius 2 is 2.04 bits per heavy atom. The number of amides is 2. The summed E-state index contributed by atoms with van der Waals surface area (Å²) in [6.07, 6.45) is 1.13.